The normalized spacial score (nSPS) is 18.8. The summed E-state index contributed by atoms with van der Waals surface area (Å²) in [6.07, 6.45) is 2.41. The summed E-state index contributed by atoms with van der Waals surface area (Å²) in [7, 11) is 4.18. The average molecular weight is 290 g/mol. The summed E-state index contributed by atoms with van der Waals surface area (Å²) < 4.78 is 13.4. The molecule has 0 aliphatic carbocycles. The molecule has 1 atom stereocenters. The molecule has 0 amide bonds. The Bertz CT molecular complexity index is 533. The number of aliphatic hydroxyl groups excluding tert-OH is 1. The molecular weight excluding hydrogens is 267 g/mol. The molecule has 1 heterocycles. The predicted molar refractivity (Wildman–Crippen MR) is 82.3 cm³/mol. The number of hydrogen-bond acceptors (Lipinski definition) is 3. The van der Waals surface area contributed by atoms with E-state index in [4.69, 9.17) is 5.11 Å². The molecule has 0 aromatic heterocycles. The third-order valence-electron chi connectivity index (χ3n) is 3.82. The van der Waals surface area contributed by atoms with Crippen LogP contribution in [0.15, 0.2) is 18.2 Å². The highest BCUT2D eigenvalue weighted by atomic mass is 19.1. The lowest BCUT2D eigenvalue weighted by Gasteiger charge is -2.27. The van der Waals surface area contributed by atoms with Crippen LogP contribution >= 0.6 is 0 Å². The summed E-state index contributed by atoms with van der Waals surface area (Å²) in [5.41, 5.74) is 1.71. The van der Waals surface area contributed by atoms with E-state index in [1.165, 1.54) is 25.0 Å². The van der Waals surface area contributed by atoms with Crippen LogP contribution in [0.4, 0.5) is 4.39 Å². The van der Waals surface area contributed by atoms with Gasteiger partial charge < -0.3 is 10.0 Å². The topological polar surface area (TPSA) is 26.7 Å². The van der Waals surface area contributed by atoms with Crippen LogP contribution < -0.4 is 0 Å². The van der Waals surface area contributed by atoms with Gasteiger partial charge in [-0.15, -0.1) is 0 Å². The maximum atomic E-state index is 13.4. The van der Waals surface area contributed by atoms with Gasteiger partial charge in [0.25, 0.3) is 0 Å². The first-order chi connectivity index (χ1) is 10.1. The maximum Gasteiger partial charge on any atom is 0.124 e. The molecule has 4 heteroatoms. The van der Waals surface area contributed by atoms with E-state index in [0.29, 0.717) is 11.6 Å². The molecule has 1 aromatic rings. The Morgan fingerprint density at radius 1 is 1.43 bits per heavy atom. The van der Waals surface area contributed by atoms with Crippen LogP contribution in [0.2, 0.25) is 0 Å². The van der Waals surface area contributed by atoms with Gasteiger partial charge in [-0.2, -0.15) is 0 Å². The molecule has 0 spiro atoms. The molecule has 1 unspecified atom stereocenters. The molecule has 21 heavy (non-hydrogen) atoms. The molecule has 114 valence electrons. The number of hydrogen-bond donors (Lipinski definition) is 1. The Kier molecular flexibility index (Phi) is 5.75. The van der Waals surface area contributed by atoms with Gasteiger partial charge in [-0.3, -0.25) is 4.90 Å². The van der Waals surface area contributed by atoms with Crippen molar-refractivity contribution in [1.82, 2.24) is 9.80 Å². The smallest absolute Gasteiger partial charge is 0.124 e. The number of aliphatic hydroxyl groups is 1. The highest BCUT2D eigenvalue weighted by Crippen LogP contribution is 2.22. The largest absolute Gasteiger partial charge is 0.384 e. The summed E-state index contributed by atoms with van der Waals surface area (Å²) >= 11 is 0. The second-order valence-corrected chi connectivity index (χ2v) is 5.79. The minimum Gasteiger partial charge on any atom is -0.384 e. The fourth-order valence-electron chi connectivity index (χ4n) is 2.89. The van der Waals surface area contributed by atoms with Gasteiger partial charge in [-0.25, -0.2) is 4.39 Å². The lowest BCUT2D eigenvalue weighted by atomic mass is 10.1. The minimum absolute atomic E-state index is 0.205. The van der Waals surface area contributed by atoms with E-state index < -0.39 is 0 Å². The van der Waals surface area contributed by atoms with Crippen LogP contribution in [0.5, 0.6) is 0 Å². The summed E-state index contributed by atoms with van der Waals surface area (Å²) in [6.45, 7) is 2.69. The Hall–Kier alpha value is -1.41. The van der Waals surface area contributed by atoms with Gasteiger partial charge >= 0.3 is 0 Å². The second-order valence-electron chi connectivity index (χ2n) is 5.79. The zero-order valence-electron chi connectivity index (χ0n) is 12.8. The van der Waals surface area contributed by atoms with Gasteiger partial charge in [0.15, 0.2) is 0 Å². The second kappa shape index (κ2) is 7.56. The highest BCUT2D eigenvalue weighted by Gasteiger charge is 2.25. The van der Waals surface area contributed by atoms with Crippen LogP contribution in [0, 0.1) is 17.7 Å². The van der Waals surface area contributed by atoms with E-state index in [9.17, 15) is 4.39 Å². The lowest BCUT2D eigenvalue weighted by Crippen LogP contribution is -2.37. The number of likely N-dealkylation sites (N-methyl/N-ethyl adjacent to an activating group) is 1. The number of likely N-dealkylation sites (tertiary alicyclic amines) is 1. The third kappa shape index (κ3) is 4.53. The number of rotatable bonds is 4. The predicted octanol–water partition coefficient (Wildman–Crippen LogP) is 1.70. The lowest BCUT2D eigenvalue weighted by molar-refractivity contribution is 0.201. The van der Waals surface area contributed by atoms with Crippen molar-refractivity contribution in [3.8, 4) is 11.8 Å². The van der Waals surface area contributed by atoms with Crippen molar-refractivity contribution in [2.24, 2.45) is 0 Å². The summed E-state index contributed by atoms with van der Waals surface area (Å²) in [6, 6.07) is 5.29. The Morgan fingerprint density at radius 2 is 2.24 bits per heavy atom. The van der Waals surface area contributed by atoms with E-state index in [1.54, 1.807) is 0 Å². The van der Waals surface area contributed by atoms with Crippen LogP contribution in [0.1, 0.15) is 24.0 Å². The summed E-state index contributed by atoms with van der Waals surface area (Å²) in [5.74, 6) is 5.18. The monoisotopic (exact) mass is 290 g/mol. The Balaban J connectivity index is 2.14. The van der Waals surface area contributed by atoms with E-state index >= 15 is 0 Å². The average Bonchev–Trinajstić information content (AvgIpc) is 2.85. The standard InChI is InChI=1S/C17H23FN2O/c1-19(2)13-17-6-3-9-20(17)12-15-7-8-16(18)11-14(15)5-4-10-21/h7-8,11,17,21H,3,6,9-10,12-13H2,1-2H3. The van der Waals surface area contributed by atoms with Crippen LogP contribution in [0.3, 0.4) is 0 Å². The molecule has 2 rings (SSSR count). The number of halogens is 1. The molecule has 1 N–H and O–H groups in total. The van der Waals surface area contributed by atoms with E-state index in [-0.39, 0.29) is 12.4 Å². The third-order valence-corrected chi connectivity index (χ3v) is 3.82. The van der Waals surface area contributed by atoms with Crippen molar-refractivity contribution >= 4 is 0 Å². The van der Waals surface area contributed by atoms with Crippen LogP contribution in [-0.2, 0) is 6.54 Å². The number of benzene rings is 1. The first-order valence-electron chi connectivity index (χ1n) is 7.37. The van der Waals surface area contributed by atoms with Crippen molar-refractivity contribution < 1.29 is 9.50 Å². The van der Waals surface area contributed by atoms with Gasteiger partial charge in [0.2, 0.25) is 0 Å². The zero-order chi connectivity index (χ0) is 15.2. The molecule has 3 nitrogen and oxygen atoms in total. The Morgan fingerprint density at radius 3 is 2.95 bits per heavy atom. The van der Waals surface area contributed by atoms with Crippen molar-refractivity contribution in [3.05, 3.63) is 35.1 Å². The van der Waals surface area contributed by atoms with E-state index in [0.717, 1.165) is 25.2 Å². The van der Waals surface area contributed by atoms with Crippen LogP contribution in [0.25, 0.3) is 0 Å². The highest BCUT2D eigenvalue weighted by molar-refractivity contribution is 5.41. The molecule has 1 fully saturated rings. The molecule has 1 saturated heterocycles. The molecule has 1 aliphatic rings. The van der Waals surface area contributed by atoms with E-state index in [1.807, 2.05) is 6.07 Å². The van der Waals surface area contributed by atoms with Gasteiger partial charge in [-0.05, 0) is 51.2 Å². The van der Waals surface area contributed by atoms with Gasteiger partial charge in [-0.1, -0.05) is 17.9 Å². The zero-order valence-corrected chi connectivity index (χ0v) is 12.8. The van der Waals surface area contributed by atoms with E-state index in [2.05, 4.69) is 35.7 Å². The fourth-order valence-corrected chi connectivity index (χ4v) is 2.89. The van der Waals surface area contributed by atoms with Crippen molar-refractivity contribution in [3.63, 3.8) is 0 Å². The Labute approximate surface area is 126 Å². The van der Waals surface area contributed by atoms with Crippen molar-refractivity contribution in [2.75, 3.05) is 33.8 Å². The molecule has 0 bridgehead atoms. The molecular formula is C17H23FN2O. The molecule has 1 aliphatic heterocycles. The maximum absolute atomic E-state index is 13.4. The van der Waals surface area contributed by atoms with Crippen molar-refractivity contribution in [1.29, 1.82) is 0 Å². The van der Waals surface area contributed by atoms with Gasteiger partial charge in [0, 0.05) is 24.7 Å². The van der Waals surface area contributed by atoms with Crippen molar-refractivity contribution in [2.45, 2.75) is 25.4 Å². The minimum atomic E-state index is -0.285. The summed E-state index contributed by atoms with van der Waals surface area (Å²) in [4.78, 5) is 4.65. The fraction of sp³-hybridized carbons (Fsp3) is 0.529. The first kappa shape index (κ1) is 16.0. The molecule has 0 radical (unpaired) electrons. The molecule has 1 aromatic carbocycles. The van der Waals surface area contributed by atoms with Gasteiger partial charge in [0.1, 0.15) is 12.4 Å². The van der Waals surface area contributed by atoms with Gasteiger partial charge in [0.05, 0.1) is 0 Å². The quantitative estimate of drug-likeness (QED) is 0.855. The SMILES string of the molecule is CN(C)CC1CCCN1Cc1ccc(F)cc1C#CCO. The number of nitrogens with zero attached hydrogens (tertiary/aromatic N) is 2. The first-order valence-corrected chi connectivity index (χ1v) is 7.37. The summed E-state index contributed by atoms with van der Waals surface area (Å²) in [5, 5.41) is 8.83. The van der Waals surface area contributed by atoms with Crippen LogP contribution in [-0.4, -0.2) is 54.7 Å². The molecule has 0 saturated carbocycles.